The maximum absolute atomic E-state index is 10.5. The summed E-state index contributed by atoms with van der Waals surface area (Å²) in [6, 6.07) is 2.80. The quantitative estimate of drug-likeness (QED) is 0.461. The van der Waals surface area contributed by atoms with E-state index < -0.39 is 4.92 Å². The molecule has 0 bridgehead atoms. The number of aromatic nitrogens is 3. The van der Waals surface area contributed by atoms with Gasteiger partial charge in [-0.2, -0.15) is 0 Å². The third kappa shape index (κ3) is 1.67. The van der Waals surface area contributed by atoms with E-state index in [1.54, 1.807) is 11.6 Å². The molecule has 2 aromatic rings. The van der Waals surface area contributed by atoms with Gasteiger partial charge in [-0.3, -0.25) is 10.1 Å². The largest absolute Gasteiger partial charge is 0.433 e. The van der Waals surface area contributed by atoms with Crippen LogP contribution >= 0.6 is 11.8 Å². The Labute approximate surface area is 94.6 Å². The van der Waals surface area contributed by atoms with Crippen molar-refractivity contribution in [2.24, 2.45) is 7.05 Å². The van der Waals surface area contributed by atoms with Crippen LogP contribution in [0.15, 0.2) is 21.7 Å². The van der Waals surface area contributed by atoms with E-state index in [2.05, 4.69) is 10.2 Å². The molecule has 16 heavy (non-hydrogen) atoms. The average Bonchev–Trinajstić information content (AvgIpc) is 2.83. The Morgan fingerprint density at radius 3 is 2.75 bits per heavy atom. The number of rotatable bonds is 3. The van der Waals surface area contributed by atoms with Crippen LogP contribution in [0.2, 0.25) is 0 Å². The van der Waals surface area contributed by atoms with Crippen molar-refractivity contribution in [2.45, 2.75) is 5.16 Å². The van der Waals surface area contributed by atoms with Gasteiger partial charge in [0.15, 0.2) is 10.9 Å². The van der Waals surface area contributed by atoms with Crippen LogP contribution in [0.5, 0.6) is 0 Å². The Kier molecular flexibility index (Phi) is 2.65. The van der Waals surface area contributed by atoms with Gasteiger partial charge in [-0.05, 0) is 12.3 Å². The fraction of sp³-hybridized carbons (Fsp3) is 0.250. The van der Waals surface area contributed by atoms with Gasteiger partial charge in [0.2, 0.25) is 5.82 Å². The monoisotopic (exact) mass is 240 g/mol. The Morgan fingerprint density at radius 2 is 2.25 bits per heavy atom. The van der Waals surface area contributed by atoms with Crippen LogP contribution in [-0.4, -0.2) is 25.9 Å². The molecule has 0 aliphatic carbocycles. The topological polar surface area (TPSA) is 87.0 Å². The van der Waals surface area contributed by atoms with Crippen molar-refractivity contribution < 1.29 is 9.34 Å². The van der Waals surface area contributed by atoms with Gasteiger partial charge in [0.1, 0.15) is 4.92 Å². The van der Waals surface area contributed by atoms with E-state index in [0.717, 1.165) is 0 Å². The summed E-state index contributed by atoms with van der Waals surface area (Å²) < 4.78 is 6.75. The maximum Gasteiger partial charge on any atom is 0.433 e. The summed E-state index contributed by atoms with van der Waals surface area (Å²) in [6.07, 6.45) is 1.87. The second-order valence-corrected chi connectivity index (χ2v) is 3.74. The van der Waals surface area contributed by atoms with Crippen LogP contribution in [0.25, 0.3) is 11.6 Å². The molecule has 0 aliphatic heterocycles. The first-order valence-electron chi connectivity index (χ1n) is 4.31. The normalized spacial score (nSPS) is 10.6. The summed E-state index contributed by atoms with van der Waals surface area (Å²) in [7, 11) is 1.77. The number of nitrogens with zero attached hydrogens (tertiary/aromatic N) is 4. The lowest BCUT2D eigenvalue weighted by Gasteiger charge is -1.97. The Bertz CT molecular complexity index is 533. The second kappa shape index (κ2) is 3.97. The van der Waals surface area contributed by atoms with Crippen molar-refractivity contribution in [1.82, 2.24) is 14.8 Å². The highest BCUT2D eigenvalue weighted by atomic mass is 32.2. The number of furan rings is 1. The molecule has 0 saturated carbocycles. The minimum Gasteiger partial charge on any atom is -0.397 e. The van der Waals surface area contributed by atoms with Crippen LogP contribution < -0.4 is 0 Å². The van der Waals surface area contributed by atoms with Gasteiger partial charge in [-0.1, -0.05) is 11.8 Å². The molecule has 0 unspecified atom stereocenters. The van der Waals surface area contributed by atoms with E-state index in [9.17, 15) is 10.1 Å². The van der Waals surface area contributed by atoms with E-state index in [4.69, 9.17) is 4.42 Å². The zero-order valence-electron chi connectivity index (χ0n) is 8.58. The van der Waals surface area contributed by atoms with Crippen LogP contribution in [0.3, 0.4) is 0 Å². The summed E-state index contributed by atoms with van der Waals surface area (Å²) in [6.45, 7) is 0. The number of nitro groups is 1. The second-order valence-electron chi connectivity index (χ2n) is 2.96. The van der Waals surface area contributed by atoms with Gasteiger partial charge >= 0.3 is 5.88 Å². The van der Waals surface area contributed by atoms with E-state index >= 15 is 0 Å². The summed E-state index contributed by atoms with van der Waals surface area (Å²) in [5, 5.41) is 19.0. The molecule has 0 N–H and O–H groups in total. The van der Waals surface area contributed by atoms with Gasteiger partial charge in [0.05, 0.1) is 6.07 Å². The lowest BCUT2D eigenvalue weighted by atomic mass is 10.4. The number of hydrogen-bond donors (Lipinski definition) is 0. The lowest BCUT2D eigenvalue weighted by molar-refractivity contribution is -0.401. The lowest BCUT2D eigenvalue weighted by Crippen LogP contribution is -1.93. The molecule has 84 valence electrons. The molecular formula is C8H8N4O3S. The standard InChI is InChI=1S/C8H8N4O3S/c1-11-7(9-10-8(11)16-2)5-3-4-6(15-5)12(13)14/h3-4H,1-2H3. The predicted octanol–water partition coefficient (Wildman–Crippen LogP) is 1.71. The van der Waals surface area contributed by atoms with Gasteiger partial charge in [0, 0.05) is 7.05 Å². The van der Waals surface area contributed by atoms with Gasteiger partial charge in [-0.25, -0.2) is 0 Å². The third-order valence-electron chi connectivity index (χ3n) is 2.01. The molecule has 2 rings (SSSR count). The molecule has 2 aromatic heterocycles. The summed E-state index contributed by atoms with van der Waals surface area (Å²) in [5.74, 6) is 0.503. The number of thioether (sulfide) groups is 1. The molecular weight excluding hydrogens is 232 g/mol. The van der Waals surface area contributed by atoms with E-state index in [1.807, 2.05) is 6.26 Å². The zero-order chi connectivity index (χ0) is 11.7. The molecule has 8 heteroatoms. The smallest absolute Gasteiger partial charge is 0.397 e. The molecule has 0 fully saturated rings. The molecule has 0 spiro atoms. The highest BCUT2D eigenvalue weighted by Crippen LogP contribution is 2.26. The molecule has 0 radical (unpaired) electrons. The van der Waals surface area contributed by atoms with Crippen molar-refractivity contribution in [3.63, 3.8) is 0 Å². The van der Waals surface area contributed by atoms with E-state index in [-0.39, 0.29) is 5.88 Å². The molecule has 0 aromatic carbocycles. The average molecular weight is 240 g/mol. The fourth-order valence-electron chi connectivity index (χ4n) is 1.25. The van der Waals surface area contributed by atoms with Crippen molar-refractivity contribution in [1.29, 1.82) is 0 Å². The predicted molar refractivity (Wildman–Crippen MR) is 57.1 cm³/mol. The third-order valence-corrected chi connectivity index (χ3v) is 2.73. The highest BCUT2D eigenvalue weighted by Gasteiger charge is 2.17. The Balaban J connectivity index is 2.42. The van der Waals surface area contributed by atoms with Gasteiger partial charge in [-0.15, -0.1) is 10.2 Å². The summed E-state index contributed by atoms with van der Waals surface area (Å²) in [4.78, 5) is 9.87. The van der Waals surface area contributed by atoms with Crippen molar-refractivity contribution in [3.8, 4) is 11.6 Å². The molecule has 7 nitrogen and oxygen atoms in total. The fourth-order valence-corrected chi connectivity index (χ4v) is 1.74. The van der Waals surface area contributed by atoms with E-state index in [0.29, 0.717) is 16.7 Å². The minimum absolute atomic E-state index is 0.302. The zero-order valence-corrected chi connectivity index (χ0v) is 9.39. The first-order valence-corrected chi connectivity index (χ1v) is 5.54. The summed E-state index contributed by atoms with van der Waals surface area (Å²) >= 11 is 1.44. The number of hydrogen-bond acceptors (Lipinski definition) is 6. The van der Waals surface area contributed by atoms with Gasteiger partial charge < -0.3 is 8.98 Å². The van der Waals surface area contributed by atoms with E-state index in [1.165, 1.54) is 23.9 Å². The SMILES string of the molecule is CSc1nnc(-c2ccc([N+](=O)[O-])o2)n1C. The Hall–Kier alpha value is -1.83. The molecule has 0 saturated heterocycles. The van der Waals surface area contributed by atoms with Crippen LogP contribution in [-0.2, 0) is 7.05 Å². The van der Waals surface area contributed by atoms with Crippen molar-refractivity contribution >= 4 is 17.6 Å². The summed E-state index contributed by atoms with van der Waals surface area (Å²) in [5.41, 5.74) is 0. The van der Waals surface area contributed by atoms with Crippen LogP contribution in [0, 0.1) is 10.1 Å². The highest BCUT2D eigenvalue weighted by molar-refractivity contribution is 7.98. The van der Waals surface area contributed by atoms with Crippen LogP contribution in [0.1, 0.15) is 0 Å². The molecule has 0 aliphatic rings. The molecule has 0 amide bonds. The van der Waals surface area contributed by atoms with Crippen molar-refractivity contribution in [2.75, 3.05) is 6.26 Å². The first kappa shape index (κ1) is 10.7. The van der Waals surface area contributed by atoms with Gasteiger partial charge in [0.25, 0.3) is 0 Å². The Morgan fingerprint density at radius 1 is 1.50 bits per heavy atom. The first-order chi connectivity index (χ1) is 7.63. The minimum atomic E-state index is -0.588. The maximum atomic E-state index is 10.5. The van der Waals surface area contributed by atoms with Crippen molar-refractivity contribution in [3.05, 3.63) is 22.2 Å². The van der Waals surface area contributed by atoms with Crippen LogP contribution in [0.4, 0.5) is 5.88 Å². The molecule has 0 atom stereocenters. The molecule has 2 heterocycles.